The number of hydrogen-bond acceptors (Lipinski definition) is 3. The lowest BCUT2D eigenvalue weighted by molar-refractivity contribution is -0.0619. The van der Waals surface area contributed by atoms with Crippen molar-refractivity contribution in [1.82, 2.24) is 0 Å². The number of ether oxygens (including phenoxy) is 3. The maximum absolute atomic E-state index is 14.3. The second kappa shape index (κ2) is 12.6. The molecule has 0 amide bonds. The fraction of sp³-hybridized carbons (Fsp3) is 0.793. The molecular formula is C29H44F2O3. The molecule has 3 aliphatic rings. The molecule has 4 rings (SSSR count). The molecule has 3 nitrogen and oxygen atoms in total. The molecule has 1 aromatic rings. The van der Waals surface area contributed by atoms with Crippen LogP contribution in [0.1, 0.15) is 90.9 Å². The van der Waals surface area contributed by atoms with Crippen molar-refractivity contribution >= 4 is 0 Å². The highest BCUT2D eigenvalue weighted by molar-refractivity contribution is 5.35. The first-order chi connectivity index (χ1) is 16.6. The van der Waals surface area contributed by atoms with Gasteiger partial charge in [0.05, 0.1) is 19.3 Å². The number of benzene rings is 1. The van der Waals surface area contributed by atoms with Crippen LogP contribution in [0.5, 0.6) is 11.5 Å². The van der Waals surface area contributed by atoms with E-state index >= 15 is 0 Å². The first-order valence-corrected chi connectivity index (χ1v) is 13.9. The zero-order chi connectivity index (χ0) is 23.9. The van der Waals surface area contributed by atoms with Crippen LogP contribution in [0.3, 0.4) is 0 Å². The van der Waals surface area contributed by atoms with Gasteiger partial charge in [-0.2, -0.15) is 8.78 Å². The van der Waals surface area contributed by atoms with Crippen molar-refractivity contribution < 1.29 is 23.0 Å². The van der Waals surface area contributed by atoms with Crippen molar-refractivity contribution in [2.75, 3.05) is 19.8 Å². The molecule has 1 aromatic carbocycles. The van der Waals surface area contributed by atoms with Gasteiger partial charge in [-0.05, 0) is 119 Å². The van der Waals surface area contributed by atoms with E-state index in [0.717, 1.165) is 43.1 Å². The number of halogens is 2. The van der Waals surface area contributed by atoms with Gasteiger partial charge in [0.25, 0.3) is 0 Å². The van der Waals surface area contributed by atoms with E-state index in [2.05, 4.69) is 6.92 Å². The number of hydrogen-bond donors (Lipinski definition) is 0. The molecule has 5 heteroatoms. The van der Waals surface area contributed by atoms with Crippen molar-refractivity contribution in [2.45, 2.75) is 97.0 Å². The predicted molar refractivity (Wildman–Crippen MR) is 131 cm³/mol. The summed E-state index contributed by atoms with van der Waals surface area (Å²) in [6.45, 7) is 5.77. The largest absolute Gasteiger partial charge is 0.491 e. The molecule has 34 heavy (non-hydrogen) atoms. The maximum atomic E-state index is 14.3. The molecule has 0 spiro atoms. The van der Waals surface area contributed by atoms with Gasteiger partial charge in [0, 0.05) is 6.61 Å². The lowest BCUT2D eigenvalue weighted by Crippen LogP contribution is -2.35. The van der Waals surface area contributed by atoms with E-state index in [1.165, 1.54) is 76.3 Å². The third-order valence-corrected chi connectivity index (χ3v) is 8.79. The van der Waals surface area contributed by atoms with Gasteiger partial charge in [0.1, 0.15) is 0 Å². The van der Waals surface area contributed by atoms with Crippen molar-refractivity contribution in [3.8, 4) is 11.5 Å². The molecule has 2 atom stereocenters. The molecule has 192 valence electrons. The minimum atomic E-state index is -0.960. The molecule has 1 heterocycles. The Morgan fingerprint density at radius 3 is 1.85 bits per heavy atom. The normalized spacial score (nSPS) is 32.4. The third-order valence-electron chi connectivity index (χ3n) is 8.79. The molecule has 2 aliphatic carbocycles. The lowest BCUT2D eigenvalue weighted by atomic mass is 9.68. The van der Waals surface area contributed by atoms with Gasteiger partial charge in [0.2, 0.25) is 11.6 Å². The van der Waals surface area contributed by atoms with Gasteiger partial charge in [0.15, 0.2) is 11.5 Å². The molecule has 1 aliphatic heterocycles. The Morgan fingerprint density at radius 1 is 0.735 bits per heavy atom. The van der Waals surface area contributed by atoms with Crippen molar-refractivity contribution in [1.29, 1.82) is 0 Å². The molecule has 3 fully saturated rings. The van der Waals surface area contributed by atoms with E-state index in [1.54, 1.807) is 6.92 Å². The van der Waals surface area contributed by atoms with Crippen LogP contribution in [0, 0.1) is 41.2 Å². The van der Waals surface area contributed by atoms with Crippen LogP contribution in [0.2, 0.25) is 0 Å². The Morgan fingerprint density at radius 2 is 1.29 bits per heavy atom. The summed E-state index contributed by atoms with van der Waals surface area (Å²) in [6.07, 6.45) is 15.8. The van der Waals surface area contributed by atoms with Gasteiger partial charge in [-0.15, -0.1) is 0 Å². The van der Waals surface area contributed by atoms with Crippen LogP contribution < -0.4 is 9.47 Å². The smallest absolute Gasteiger partial charge is 0.204 e. The minimum Gasteiger partial charge on any atom is -0.491 e. The Balaban J connectivity index is 1.16. The summed E-state index contributed by atoms with van der Waals surface area (Å²) in [4.78, 5) is 0. The highest BCUT2D eigenvalue weighted by Gasteiger charge is 2.35. The highest BCUT2D eigenvalue weighted by atomic mass is 19.2. The summed E-state index contributed by atoms with van der Waals surface area (Å²) < 4.78 is 45.5. The molecular weight excluding hydrogens is 434 g/mol. The number of rotatable bonds is 9. The van der Waals surface area contributed by atoms with E-state index < -0.39 is 11.6 Å². The van der Waals surface area contributed by atoms with Gasteiger partial charge in [-0.1, -0.05) is 13.3 Å². The molecule has 2 unspecified atom stereocenters. The molecule has 0 aromatic heterocycles. The molecule has 1 saturated heterocycles. The second-order valence-electron chi connectivity index (χ2n) is 11.0. The van der Waals surface area contributed by atoms with Crippen molar-refractivity contribution in [3.63, 3.8) is 0 Å². The van der Waals surface area contributed by atoms with Crippen LogP contribution in [0.15, 0.2) is 12.1 Å². The van der Waals surface area contributed by atoms with Gasteiger partial charge >= 0.3 is 0 Å². The topological polar surface area (TPSA) is 27.7 Å². The van der Waals surface area contributed by atoms with Crippen LogP contribution in [-0.4, -0.2) is 25.9 Å². The quantitative estimate of drug-likeness (QED) is 0.360. The monoisotopic (exact) mass is 478 g/mol. The maximum Gasteiger partial charge on any atom is 0.204 e. The SMILES string of the molecule is CCCC1CCC(C2CCC(C3CCC(COc4ccc(OCC)c(F)c4F)CC3)CC2)OC1. The second-order valence-corrected chi connectivity index (χ2v) is 11.0. The molecule has 2 saturated carbocycles. The Hall–Kier alpha value is -1.36. The highest BCUT2D eigenvalue weighted by Crippen LogP contribution is 2.44. The minimum absolute atomic E-state index is 0.00709. The van der Waals surface area contributed by atoms with E-state index in [0.29, 0.717) is 25.2 Å². The van der Waals surface area contributed by atoms with Gasteiger partial charge < -0.3 is 14.2 Å². The van der Waals surface area contributed by atoms with Gasteiger partial charge in [-0.3, -0.25) is 0 Å². The Bertz CT molecular complexity index is 746. The summed E-state index contributed by atoms with van der Waals surface area (Å²) in [5.41, 5.74) is 0. The lowest BCUT2D eigenvalue weighted by Gasteiger charge is -2.41. The van der Waals surface area contributed by atoms with Crippen molar-refractivity contribution in [3.05, 3.63) is 23.8 Å². The van der Waals surface area contributed by atoms with Crippen LogP contribution >= 0.6 is 0 Å². The van der Waals surface area contributed by atoms with E-state index in [1.807, 2.05) is 0 Å². The first kappa shape index (κ1) is 25.7. The molecule has 0 radical (unpaired) electrons. The predicted octanol–water partition coefficient (Wildman–Crippen LogP) is 7.95. The summed E-state index contributed by atoms with van der Waals surface area (Å²) in [5.74, 6) is 1.69. The average molecular weight is 479 g/mol. The van der Waals surface area contributed by atoms with Crippen LogP contribution in [0.25, 0.3) is 0 Å². The van der Waals surface area contributed by atoms with Crippen molar-refractivity contribution in [2.24, 2.45) is 29.6 Å². The Labute approximate surface area is 204 Å². The fourth-order valence-corrected chi connectivity index (χ4v) is 6.75. The van der Waals surface area contributed by atoms with Gasteiger partial charge in [-0.25, -0.2) is 0 Å². The summed E-state index contributed by atoms with van der Waals surface area (Å²) >= 11 is 0. The summed E-state index contributed by atoms with van der Waals surface area (Å²) in [5, 5.41) is 0. The molecule has 0 bridgehead atoms. The first-order valence-electron chi connectivity index (χ1n) is 13.9. The summed E-state index contributed by atoms with van der Waals surface area (Å²) in [7, 11) is 0. The molecule has 0 N–H and O–H groups in total. The third kappa shape index (κ3) is 6.44. The van der Waals surface area contributed by atoms with E-state index in [-0.39, 0.29) is 11.5 Å². The standard InChI is InChI=1S/C29H44F2O3/c1-3-5-20-8-15-25(33-18-20)24-13-11-23(12-14-24)22-9-6-21(7-10-22)19-34-27-17-16-26(32-4-2)28(30)29(27)31/h16-17,20-25H,3-15,18-19H2,1-2H3. The zero-order valence-corrected chi connectivity index (χ0v) is 21.2. The summed E-state index contributed by atoms with van der Waals surface area (Å²) in [6, 6.07) is 2.93. The average Bonchev–Trinajstić information content (AvgIpc) is 2.88. The van der Waals surface area contributed by atoms with Crippen LogP contribution in [0.4, 0.5) is 8.78 Å². The zero-order valence-electron chi connectivity index (χ0n) is 21.2. The Kier molecular flexibility index (Phi) is 9.50. The van der Waals surface area contributed by atoms with E-state index in [4.69, 9.17) is 14.2 Å². The van der Waals surface area contributed by atoms with E-state index in [9.17, 15) is 8.78 Å². The van der Waals surface area contributed by atoms with Crippen LogP contribution in [-0.2, 0) is 4.74 Å². The fourth-order valence-electron chi connectivity index (χ4n) is 6.75.